The molecule has 0 heterocycles. The minimum absolute atomic E-state index is 0.840. The molecule has 2 heteroatoms. The molecule has 0 amide bonds. The van der Waals surface area contributed by atoms with Crippen LogP contribution in [0.2, 0.25) is 0 Å². The molecule has 2 nitrogen and oxygen atoms in total. The van der Waals surface area contributed by atoms with E-state index in [9.17, 15) is 0 Å². The zero-order chi connectivity index (χ0) is 9.52. The molecule has 1 aliphatic carbocycles. The number of rotatable bonds is 8. The lowest BCUT2D eigenvalue weighted by Gasteiger charge is -2.19. The SMILES string of the molecule is C=CCN(CCC)CCNC1CC1. The maximum Gasteiger partial charge on any atom is 0.0161 e. The summed E-state index contributed by atoms with van der Waals surface area (Å²) in [6.07, 6.45) is 5.99. The molecule has 13 heavy (non-hydrogen) atoms. The Bertz CT molecular complexity index is 141. The molecule has 76 valence electrons. The largest absolute Gasteiger partial charge is 0.313 e. The Morgan fingerprint density at radius 1 is 1.46 bits per heavy atom. The van der Waals surface area contributed by atoms with Crippen LogP contribution in [0.4, 0.5) is 0 Å². The van der Waals surface area contributed by atoms with Gasteiger partial charge in [0.25, 0.3) is 0 Å². The standard InChI is InChI=1S/C11H22N2/c1-3-8-13(9-4-2)10-7-12-11-5-6-11/h3,11-12H,1,4-10H2,2H3. The fourth-order valence-corrected chi connectivity index (χ4v) is 1.51. The summed E-state index contributed by atoms with van der Waals surface area (Å²) in [5.74, 6) is 0. The van der Waals surface area contributed by atoms with E-state index in [0.717, 1.165) is 25.7 Å². The second-order valence-electron chi connectivity index (χ2n) is 3.82. The van der Waals surface area contributed by atoms with Gasteiger partial charge in [-0.25, -0.2) is 0 Å². The molecule has 1 N–H and O–H groups in total. The van der Waals surface area contributed by atoms with Gasteiger partial charge in [-0.15, -0.1) is 6.58 Å². The Morgan fingerprint density at radius 3 is 2.77 bits per heavy atom. The van der Waals surface area contributed by atoms with Gasteiger partial charge in [-0.3, -0.25) is 4.90 Å². The van der Waals surface area contributed by atoms with E-state index >= 15 is 0 Å². The Hall–Kier alpha value is -0.340. The normalized spacial score (nSPS) is 16.5. The number of nitrogens with one attached hydrogen (secondary N) is 1. The molecule has 0 saturated heterocycles. The van der Waals surface area contributed by atoms with E-state index in [1.54, 1.807) is 0 Å². The number of nitrogens with zero attached hydrogens (tertiary/aromatic N) is 1. The van der Waals surface area contributed by atoms with Crippen LogP contribution in [0.1, 0.15) is 26.2 Å². The maximum absolute atomic E-state index is 3.78. The first kappa shape index (κ1) is 10.7. The predicted molar refractivity (Wildman–Crippen MR) is 58.0 cm³/mol. The quantitative estimate of drug-likeness (QED) is 0.574. The van der Waals surface area contributed by atoms with Crippen molar-refractivity contribution in [2.24, 2.45) is 0 Å². The molecular weight excluding hydrogens is 160 g/mol. The number of hydrogen-bond acceptors (Lipinski definition) is 2. The second-order valence-corrected chi connectivity index (χ2v) is 3.82. The van der Waals surface area contributed by atoms with Crippen molar-refractivity contribution in [2.75, 3.05) is 26.2 Å². The first-order valence-electron chi connectivity index (χ1n) is 5.43. The van der Waals surface area contributed by atoms with Crippen LogP contribution in [-0.2, 0) is 0 Å². The summed E-state index contributed by atoms with van der Waals surface area (Å²) in [7, 11) is 0. The van der Waals surface area contributed by atoms with E-state index in [2.05, 4.69) is 23.7 Å². The predicted octanol–water partition coefficient (Wildman–Crippen LogP) is 1.64. The zero-order valence-electron chi connectivity index (χ0n) is 8.76. The third-order valence-electron chi connectivity index (χ3n) is 2.37. The van der Waals surface area contributed by atoms with Crippen molar-refractivity contribution in [3.8, 4) is 0 Å². The third kappa shape index (κ3) is 5.06. The van der Waals surface area contributed by atoms with Crippen LogP contribution in [0.15, 0.2) is 12.7 Å². The molecule has 0 atom stereocenters. The Morgan fingerprint density at radius 2 is 2.23 bits per heavy atom. The lowest BCUT2D eigenvalue weighted by Crippen LogP contribution is -2.33. The molecule has 0 bridgehead atoms. The monoisotopic (exact) mass is 182 g/mol. The Kier molecular flexibility index (Phi) is 5.09. The van der Waals surface area contributed by atoms with E-state index in [4.69, 9.17) is 0 Å². The van der Waals surface area contributed by atoms with Crippen molar-refractivity contribution < 1.29 is 0 Å². The lowest BCUT2D eigenvalue weighted by molar-refractivity contribution is 0.301. The van der Waals surface area contributed by atoms with Crippen LogP contribution in [-0.4, -0.2) is 37.1 Å². The van der Waals surface area contributed by atoms with Gasteiger partial charge < -0.3 is 5.32 Å². The van der Waals surface area contributed by atoms with Gasteiger partial charge in [-0.1, -0.05) is 13.0 Å². The Balaban J connectivity index is 2.01. The van der Waals surface area contributed by atoms with Crippen LogP contribution in [0.5, 0.6) is 0 Å². The maximum atomic E-state index is 3.78. The van der Waals surface area contributed by atoms with Crippen molar-refractivity contribution in [3.05, 3.63) is 12.7 Å². The summed E-state index contributed by atoms with van der Waals surface area (Å²) in [6.45, 7) is 10.5. The van der Waals surface area contributed by atoms with E-state index in [-0.39, 0.29) is 0 Å². The van der Waals surface area contributed by atoms with E-state index in [1.165, 1.54) is 25.8 Å². The average molecular weight is 182 g/mol. The molecule has 0 spiro atoms. The van der Waals surface area contributed by atoms with Gasteiger partial charge in [0.1, 0.15) is 0 Å². The fourth-order valence-electron chi connectivity index (χ4n) is 1.51. The molecule has 0 radical (unpaired) electrons. The van der Waals surface area contributed by atoms with Gasteiger partial charge in [0, 0.05) is 25.7 Å². The molecule has 0 aliphatic heterocycles. The summed E-state index contributed by atoms with van der Waals surface area (Å²) in [5.41, 5.74) is 0. The first-order valence-corrected chi connectivity index (χ1v) is 5.43. The zero-order valence-corrected chi connectivity index (χ0v) is 8.76. The lowest BCUT2D eigenvalue weighted by atomic mass is 10.4. The van der Waals surface area contributed by atoms with Crippen LogP contribution in [0.3, 0.4) is 0 Å². The number of hydrogen-bond donors (Lipinski definition) is 1. The van der Waals surface area contributed by atoms with Crippen molar-refractivity contribution in [2.45, 2.75) is 32.2 Å². The smallest absolute Gasteiger partial charge is 0.0161 e. The minimum Gasteiger partial charge on any atom is -0.313 e. The molecule has 0 aromatic heterocycles. The average Bonchev–Trinajstić information content (AvgIpc) is 2.89. The van der Waals surface area contributed by atoms with Crippen LogP contribution < -0.4 is 5.32 Å². The summed E-state index contributed by atoms with van der Waals surface area (Å²) < 4.78 is 0. The van der Waals surface area contributed by atoms with Crippen molar-refractivity contribution in [3.63, 3.8) is 0 Å². The summed E-state index contributed by atoms with van der Waals surface area (Å²) >= 11 is 0. The van der Waals surface area contributed by atoms with E-state index < -0.39 is 0 Å². The highest BCUT2D eigenvalue weighted by molar-refractivity contribution is 4.81. The molecule has 1 aliphatic rings. The second kappa shape index (κ2) is 6.17. The van der Waals surface area contributed by atoms with E-state index in [1.807, 2.05) is 6.08 Å². The highest BCUT2D eigenvalue weighted by Crippen LogP contribution is 2.17. The fraction of sp³-hybridized carbons (Fsp3) is 0.818. The molecule has 0 aromatic rings. The van der Waals surface area contributed by atoms with Crippen LogP contribution >= 0.6 is 0 Å². The van der Waals surface area contributed by atoms with E-state index in [0.29, 0.717) is 0 Å². The van der Waals surface area contributed by atoms with Crippen LogP contribution in [0, 0.1) is 0 Å². The molecular formula is C11H22N2. The highest BCUT2D eigenvalue weighted by atomic mass is 15.1. The van der Waals surface area contributed by atoms with Gasteiger partial charge in [0.2, 0.25) is 0 Å². The molecule has 1 rings (SSSR count). The van der Waals surface area contributed by atoms with Gasteiger partial charge >= 0.3 is 0 Å². The molecule has 1 fully saturated rings. The molecule has 0 unspecified atom stereocenters. The summed E-state index contributed by atoms with van der Waals surface area (Å²) in [6, 6.07) is 0.840. The van der Waals surface area contributed by atoms with Crippen molar-refractivity contribution in [1.82, 2.24) is 10.2 Å². The summed E-state index contributed by atoms with van der Waals surface area (Å²) in [5, 5.41) is 3.53. The van der Waals surface area contributed by atoms with Crippen molar-refractivity contribution >= 4 is 0 Å². The van der Waals surface area contributed by atoms with Crippen LogP contribution in [0.25, 0.3) is 0 Å². The summed E-state index contributed by atoms with van der Waals surface area (Å²) in [4.78, 5) is 2.45. The van der Waals surface area contributed by atoms with Gasteiger partial charge in [0.05, 0.1) is 0 Å². The van der Waals surface area contributed by atoms with Crippen molar-refractivity contribution in [1.29, 1.82) is 0 Å². The molecule has 0 aromatic carbocycles. The highest BCUT2D eigenvalue weighted by Gasteiger charge is 2.19. The minimum atomic E-state index is 0.840. The first-order chi connectivity index (χ1) is 6.36. The third-order valence-corrected chi connectivity index (χ3v) is 2.37. The molecule has 1 saturated carbocycles. The van der Waals surface area contributed by atoms with Gasteiger partial charge in [0.15, 0.2) is 0 Å². The topological polar surface area (TPSA) is 15.3 Å². The Labute approximate surface area is 82.0 Å². The van der Waals surface area contributed by atoms with Gasteiger partial charge in [-0.2, -0.15) is 0 Å². The van der Waals surface area contributed by atoms with Gasteiger partial charge in [-0.05, 0) is 25.8 Å².